The zero-order chi connectivity index (χ0) is 41.9. The first-order valence-corrected chi connectivity index (χ1v) is 19.6. The van der Waals surface area contributed by atoms with Gasteiger partial charge in [-0.25, -0.2) is 19.4 Å². The van der Waals surface area contributed by atoms with E-state index < -0.39 is 36.4 Å². The van der Waals surface area contributed by atoms with E-state index in [-0.39, 0.29) is 46.1 Å². The van der Waals surface area contributed by atoms with Crippen LogP contribution in [0.5, 0.6) is 5.75 Å². The molecule has 0 aliphatic carbocycles. The van der Waals surface area contributed by atoms with Crippen LogP contribution in [-0.4, -0.2) is 130 Å². The van der Waals surface area contributed by atoms with E-state index in [4.69, 9.17) is 21.3 Å². The van der Waals surface area contributed by atoms with Crippen molar-refractivity contribution in [2.75, 3.05) is 58.2 Å². The second-order valence-corrected chi connectivity index (χ2v) is 15.7. The van der Waals surface area contributed by atoms with E-state index in [0.717, 1.165) is 6.07 Å². The lowest BCUT2D eigenvalue weighted by molar-refractivity contribution is -0.274. The molecule has 314 valence electrons. The van der Waals surface area contributed by atoms with Crippen LogP contribution in [0.3, 0.4) is 0 Å². The highest BCUT2D eigenvalue weighted by Crippen LogP contribution is 2.41. The summed E-state index contributed by atoms with van der Waals surface area (Å²) < 4.78 is 50.3. The van der Waals surface area contributed by atoms with E-state index in [1.165, 1.54) is 18.1 Å². The number of urea groups is 1. The predicted octanol–water partition coefficient (Wildman–Crippen LogP) is 6.88. The maximum Gasteiger partial charge on any atom is 0.573 e. The number of piperazine rings is 1. The van der Waals surface area contributed by atoms with Gasteiger partial charge in [-0.15, -0.1) is 13.2 Å². The second kappa shape index (κ2) is 17.7. The van der Waals surface area contributed by atoms with Gasteiger partial charge in [0.25, 0.3) is 0 Å². The summed E-state index contributed by atoms with van der Waals surface area (Å²) in [5.74, 6) is -0.267. The quantitative estimate of drug-likeness (QED) is 0.179. The highest BCUT2D eigenvalue weighted by atomic mass is 35.5. The summed E-state index contributed by atoms with van der Waals surface area (Å²) in [5, 5.41) is 14.5. The number of alkyl halides is 3. The third kappa shape index (κ3) is 9.89. The normalized spacial score (nSPS) is 19.9. The number of nitrogens with one attached hydrogen (secondary N) is 3. The summed E-state index contributed by atoms with van der Waals surface area (Å²) in [4.78, 5) is 65.1. The number of carboxylic acid groups (broad SMARTS) is 1. The van der Waals surface area contributed by atoms with Crippen molar-refractivity contribution in [2.24, 2.45) is 11.8 Å². The number of aromatic amines is 1. The van der Waals surface area contributed by atoms with Crippen LogP contribution in [0.1, 0.15) is 51.9 Å². The monoisotopic (exact) mass is 832 g/mol. The summed E-state index contributed by atoms with van der Waals surface area (Å²) >= 11 is 6.58. The molecule has 3 atom stereocenters. The Morgan fingerprint density at radius 3 is 2.24 bits per heavy atom. The Labute approximate surface area is 338 Å². The number of nitrogens with zero attached hydrogens (tertiary/aromatic N) is 5. The van der Waals surface area contributed by atoms with Crippen LogP contribution in [0.15, 0.2) is 42.6 Å². The van der Waals surface area contributed by atoms with E-state index in [2.05, 4.69) is 25.3 Å². The molecule has 15 nitrogen and oxygen atoms in total. The number of hydrogen-bond donors (Lipinski definition) is 4. The lowest BCUT2D eigenvalue weighted by atomic mass is 10.0. The molecule has 3 aromatic rings. The number of carbonyl (C=O) groups excluding carboxylic acids is 3. The predicted molar refractivity (Wildman–Crippen MR) is 208 cm³/mol. The number of likely N-dealkylation sites (tertiary alicyclic amines) is 2. The Morgan fingerprint density at radius 2 is 1.64 bits per heavy atom. The number of halogens is 4. The number of aromatic nitrogens is 2. The summed E-state index contributed by atoms with van der Waals surface area (Å²) in [7, 11) is 1.24. The molecule has 3 fully saturated rings. The van der Waals surface area contributed by atoms with Gasteiger partial charge in [0, 0.05) is 75.2 Å². The number of rotatable bonds is 9. The van der Waals surface area contributed by atoms with Crippen molar-refractivity contribution in [3.05, 3.63) is 53.4 Å². The first-order valence-electron chi connectivity index (χ1n) is 19.2. The van der Waals surface area contributed by atoms with Gasteiger partial charge in [-0.3, -0.25) is 9.69 Å². The van der Waals surface area contributed by atoms with Crippen molar-refractivity contribution in [1.82, 2.24) is 34.9 Å². The van der Waals surface area contributed by atoms with Crippen LogP contribution < -0.4 is 15.4 Å². The Balaban J connectivity index is 1.14. The fourth-order valence-corrected chi connectivity index (χ4v) is 8.10. The van der Waals surface area contributed by atoms with E-state index in [1.54, 1.807) is 40.3 Å². The second-order valence-electron chi connectivity index (χ2n) is 15.3. The maximum atomic E-state index is 13.7. The van der Waals surface area contributed by atoms with Crippen LogP contribution in [0.2, 0.25) is 5.02 Å². The van der Waals surface area contributed by atoms with E-state index in [9.17, 15) is 37.5 Å². The smallest absolute Gasteiger partial charge is 0.465 e. The first kappa shape index (κ1) is 42.4. The number of piperidine rings is 1. The maximum absolute atomic E-state index is 13.7. The van der Waals surface area contributed by atoms with Gasteiger partial charge in [-0.2, -0.15) is 0 Å². The molecule has 0 bridgehead atoms. The lowest BCUT2D eigenvalue weighted by Crippen LogP contribution is -2.55. The van der Waals surface area contributed by atoms with Gasteiger partial charge >= 0.3 is 24.6 Å². The van der Waals surface area contributed by atoms with Crippen molar-refractivity contribution in [3.63, 3.8) is 0 Å². The minimum Gasteiger partial charge on any atom is -0.465 e. The van der Waals surface area contributed by atoms with Crippen LogP contribution in [0, 0.1) is 11.8 Å². The number of amides is 5. The summed E-state index contributed by atoms with van der Waals surface area (Å²) in [5.41, 5.74) is 1.57. The van der Waals surface area contributed by atoms with Crippen molar-refractivity contribution < 1.29 is 46.9 Å². The van der Waals surface area contributed by atoms with Gasteiger partial charge in [0.15, 0.2) is 0 Å². The number of methoxy groups -OCH3 is 1. The fourth-order valence-electron chi connectivity index (χ4n) is 7.89. The zero-order valence-electron chi connectivity index (χ0n) is 32.6. The van der Waals surface area contributed by atoms with Gasteiger partial charge in [0.1, 0.15) is 17.6 Å². The number of carbonyl (C=O) groups is 4. The number of alkyl carbamates (subject to hydrolysis) is 1. The third-order valence-electron chi connectivity index (χ3n) is 11.0. The molecular formula is C39H48ClF3N8O7. The number of hydrogen-bond acceptors (Lipinski definition) is 8. The Morgan fingerprint density at radius 1 is 0.983 bits per heavy atom. The topological polar surface area (TPSA) is 173 Å². The van der Waals surface area contributed by atoms with Crippen molar-refractivity contribution in [1.29, 1.82) is 0 Å². The average molecular weight is 833 g/mol. The van der Waals surface area contributed by atoms with Gasteiger partial charge in [0.2, 0.25) is 5.91 Å². The van der Waals surface area contributed by atoms with Crippen LogP contribution in [0.4, 0.5) is 33.2 Å². The molecule has 5 amide bonds. The number of anilines is 1. The molecule has 19 heteroatoms. The van der Waals surface area contributed by atoms with Crippen molar-refractivity contribution in [3.8, 4) is 28.1 Å². The Bertz CT molecular complexity index is 1960. The standard InChI is InChI=1S/C39H48ClF3N8O7/c1-22(2)33(47-37(54)57-4)35(52)51-21-23(3)17-31(51)34-44-20-30(45-34)25-7-5-24(6-8-25)27-18-28(40)29(19-32(27)58-39(41,42)43)46-36(53)49-15-13-48(14-16-49)26-9-11-50(12-10-26)38(55)56/h5-8,18-20,22-23,26,31,33H,9-17,21H2,1-4H3,(H,44,45)(H,46,53)(H,47,54)(H,55,56)/t23-,31-,33-/m0/s1. The van der Waals surface area contributed by atoms with E-state index >= 15 is 0 Å². The highest BCUT2D eigenvalue weighted by molar-refractivity contribution is 6.34. The van der Waals surface area contributed by atoms with Gasteiger partial charge in [-0.05, 0) is 42.7 Å². The SMILES string of the molecule is COC(=O)N[C@H](C(=O)N1C[C@@H](C)C[C@H]1c1nc(-c2ccc(-c3cc(Cl)c(NC(=O)N4CCN(C5CCN(C(=O)O)CC5)CC4)cc3OC(F)(F)F)cc2)c[nH]1)C(C)C. The van der Waals surface area contributed by atoms with Crippen molar-refractivity contribution in [2.45, 2.75) is 64.5 Å². The van der Waals surface area contributed by atoms with Gasteiger partial charge in [-0.1, -0.05) is 56.6 Å². The van der Waals surface area contributed by atoms with Crippen molar-refractivity contribution >= 4 is 41.4 Å². The molecule has 3 aliphatic heterocycles. The molecule has 0 unspecified atom stereocenters. The minimum absolute atomic E-state index is 0.00843. The zero-order valence-corrected chi connectivity index (χ0v) is 33.4. The first-order chi connectivity index (χ1) is 27.5. The summed E-state index contributed by atoms with van der Waals surface area (Å²) in [6, 6.07) is 7.51. The number of ether oxygens (including phenoxy) is 2. The fraction of sp³-hybridized carbons (Fsp3) is 0.513. The largest absolute Gasteiger partial charge is 0.573 e. The van der Waals surface area contributed by atoms with E-state index in [1.807, 2.05) is 20.8 Å². The molecule has 6 rings (SSSR count). The van der Waals surface area contributed by atoms with E-state index in [0.29, 0.717) is 87.7 Å². The van der Waals surface area contributed by atoms with Crippen LogP contribution >= 0.6 is 11.6 Å². The van der Waals surface area contributed by atoms with Crippen LogP contribution in [-0.2, 0) is 9.53 Å². The molecule has 3 aliphatic rings. The summed E-state index contributed by atoms with van der Waals surface area (Å²) in [6.07, 6.45) is -2.92. The molecule has 0 radical (unpaired) electrons. The molecule has 2 aromatic carbocycles. The molecule has 0 saturated carbocycles. The Kier molecular flexibility index (Phi) is 12.9. The van der Waals surface area contributed by atoms with Crippen LogP contribution in [0.25, 0.3) is 22.4 Å². The highest BCUT2D eigenvalue weighted by Gasteiger charge is 2.40. The number of H-pyrrole nitrogens is 1. The molecule has 1 aromatic heterocycles. The molecular weight excluding hydrogens is 785 g/mol. The molecule has 4 heterocycles. The number of benzene rings is 2. The Hall–Kier alpha value is -5.23. The number of imidazole rings is 1. The summed E-state index contributed by atoms with van der Waals surface area (Å²) in [6.45, 7) is 8.98. The average Bonchev–Trinajstić information content (AvgIpc) is 3.84. The molecule has 4 N–H and O–H groups in total. The van der Waals surface area contributed by atoms with Gasteiger partial charge in [0.05, 0.1) is 29.6 Å². The molecule has 58 heavy (non-hydrogen) atoms. The van der Waals surface area contributed by atoms with Gasteiger partial charge < -0.3 is 44.9 Å². The minimum atomic E-state index is -5.04. The lowest BCUT2D eigenvalue weighted by Gasteiger charge is -2.42. The molecule has 3 saturated heterocycles. The third-order valence-corrected chi connectivity index (χ3v) is 11.3. The molecule has 0 spiro atoms.